The summed E-state index contributed by atoms with van der Waals surface area (Å²) in [5, 5.41) is 0. The normalized spacial score (nSPS) is 15.6. The van der Waals surface area contributed by atoms with Gasteiger partial charge in [0.15, 0.2) is 29.1 Å². The first kappa shape index (κ1) is 29.4. The highest BCUT2D eigenvalue weighted by Gasteiger charge is 2.40. The summed E-state index contributed by atoms with van der Waals surface area (Å²) in [4.78, 5) is 0. The number of unbranched alkanes of at least 4 members (excludes halogenated alkanes) is 2. The Morgan fingerprint density at radius 1 is 0.825 bits per heavy atom. The minimum Gasteiger partial charge on any atom is -0.498 e. The van der Waals surface area contributed by atoms with E-state index in [4.69, 9.17) is 4.74 Å². The highest BCUT2D eigenvalue weighted by atomic mass is 19.3. The van der Waals surface area contributed by atoms with Gasteiger partial charge in [-0.3, -0.25) is 0 Å². The van der Waals surface area contributed by atoms with Crippen molar-refractivity contribution < 1.29 is 49.0 Å². The largest absolute Gasteiger partial charge is 0.498 e. The lowest BCUT2D eigenvalue weighted by atomic mass is 9.95. The maximum absolute atomic E-state index is 14.9. The minimum absolute atomic E-state index is 0.0755. The molecule has 11 heteroatoms. The highest BCUT2D eigenvalue weighted by Crippen LogP contribution is 2.39. The van der Waals surface area contributed by atoms with E-state index in [1.165, 1.54) is 6.26 Å². The van der Waals surface area contributed by atoms with Gasteiger partial charge in [-0.1, -0.05) is 25.8 Å². The van der Waals surface area contributed by atoms with Crippen molar-refractivity contribution in [3.8, 4) is 16.9 Å². The maximum atomic E-state index is 14.9. The Hall–Kier alpha value is -3.63. The fourth-order valence-corrected chi connectivity index (χ4v) is 4.46. The van der Waals surface area contributed by atoms with Gasteiger partial charge in [0.05, 0.1) is 17.9 Å². The quantitative estimate of drug-likeness (QED) is 0.144. The van der Waals surface area contributed by atoms with Gasteiger partial charge in [-0.15, -0.1) is 0 Å². The van der Waals surface area contributed by atoms with Crippen molar-refractivity contribution in [2.24, 2.45) is 0 Å². The van der Waals surface area contributed by atoms with Crippen LogP contribution in [0.25, 0.3) is 16.7 Å². The molecule has 3 aromatic rings. The molecule has 0 radical (unpaired) electrons. The van der Waals surface area contributed by atoms with Gasteiger partial charge in [-0.2, -0.15) is 8.78 Å². The van der Waals surface area contributed by atoms with Gasteiger partial charge in [-0.05, 0) is 55.0 Å². The lowest BCUT2D eigenvalue weighted by molar-refractivity contribution is -0.187. The minimum atomic E-state index is -4.58. The third-order valence-corrected chi connectivity index (χ3v) is 6.54. The molecule has 1 aliphatic rings. The first-order valence-electron chi connectivity index (χ1n) is 12.5. The second kappa shape index (κ2) is 11.9. The SMILES string of the molecule is CCCCCC1CCC(c2ccc(C(F)(F)Oc3cc(F)c(-c4cc(F)c(F)c(F)c4)c(F)c3)c(F)c2F)=CO1. The topological polar surface area (TPSA) is 18.5 Å². The number of hydrogen-bond donors (Lipinski definition) is 0. The first-order valence-corrected chi connectivity index (χ1v) is 12.5. The average Bonchev–Trinajstić information content (AvgIpc) is 2.88. The number of ether oxygens (including phenoxy) is 2. The standard InChI is InChI=1S/C29H23F9O2/c1-2-3-4-5-17-7-6-15(14-39-17)19-8-9-20(27(35)26(19)34)29(37,38)40-18-12-21(30)25(22(31)13-18)16-10-23(32)28(36)24(33)11-16/h8-14,17H,2-7H2,1H3. The van der Waals surface area contributed by atoms with Crippen LogP contribution in [0.4, 0.5) is 39.5 Å². The highest BCUT2D eigenvalue weighted by molar-refractivity contribution is 5.67. The van der Waals surface area contributed by atoms with E-state index in [-0.39, 0.29) is 29.4 Å². The van der Waals surface area contributed by atoms with E-state index in [1.54, 1.807) is 0 Å². The van der Waals surface area contributed by atoms with Crippen molar-refractivity contribution in [2.75, 3.05) is 0 Å². The summed E-state index contributed by atoms with van der Waals surface area (Å²) in [7, 11) is 0. The molecule has 0 saturated carbocycles. The van der Waals surface area contributed by atoms with Gasteiger partial charge in [0.25, 0.3) is 0 Å². The summed E-state index contributed by atoms with van der Waals surface area (Å²) in [6, 6.07) is 2.67. The van der Waals surface area contributed by atoms with Crippen LogP contribution in [0.15, 0.2) is 42.7 Å². The van der Waals surface area contributed by atoms with Crippen LogP contribution in [0.3, 0.4) is 0 Å². The van der Waals surface area contributed by atoms with Gasteiger partial charge in [0.2, 0.25) is 0 Å². The predicted octanol–water partition coefficient (Wildman–Crippen LogP) is 9.56. The summed E-state index contributed by atoms with van der Waals surface area (Å²) in [5.74, 6) is -13.1. The molecule has 0 bridgehead atoms. The molecule has 0 aromatic heterocycles. The maximum Gasteiger partial charge on any atom is 0.429 e. The van der Waals surface area contributed by atoms with Gasteiger partial charge >= 0.3 is 6.11 Å². The molecule has 0 fully saturated rings. The predicted molar refractivity (Wildman–Crippen MR) is 129 cm³/mol. The van der Waals surface area contributed by atoms with Gasteiger partial charge in [0, 0.05) is 17.7 Å². The Bertz CT molecular complexity index is 1390. The zero-order valence-electron chi connectivity index (χ0n) is 21.1. The molecule has 2 nitrogen and oxygen atoms in total. The number of benzene rings is 3. The van der Waals surface area contributed by atoms with E-state index >= 15 is 0 Å². The Labute approximate surface area is 224 Å². The van der Waals surface area contributed by atoms with Crippen LogP contribution >= 0.6 is 0 Å². The molecular formula is C29H23F9O2. The van der Waals surface area contributed by atoms with Crippen LogP contribution in [-0.4, -0.2) is 6.10 Å². The smallest absolute Gasteiger partial charge is 0.429 e. The van der Waals surface area contributed by atoms with E-state index < -0.39 is 69.3 Å². The van der Waals surface area contributed by atoms with Crippen LogP contribution in [0.2, 0.25) is 0 Å². The van der Waals surface area contributed by atoms with Crippen LogP contribution in [0.5, 0.6) is 5.75 Å². The summed E-state index contributed by atoms with van der Waals surface area (Å²) < 4.78 is 139. The van der Waals surface area contributed by atoms with Gasteiger partial charge in [-0.25, -0.2) is 30.7 Å². The molecule has 3 aromatic carbocycles. The van der Waals surface area contributed by atoms with Crippen LogP contribution < -0.4 is 4.74 Å². The van der Waals surface area contributed by atoms with E-state index in [1.807, 2.05) is 0 Å². The number of alkyl halides is 2. The molecular weight excluding hydrogens is 551 g/mol. The Morgan fingerprint density at radius 2 is 1.48 bits per heavy atom. The Morgan fingerprint density at radius 3 is 2.05 bits per heavy atom. The van der Waals surface area contributed by atoms with Crippen LogP contribution in [-0.2, 0) is 10.8 Å². The van der Waals surface area contributed by atoms with Gasteiger partial charge < -0.3 is 9.47 Å². The summed E-state index contributed by atoms with van der Waals surface area (Å²) in [6.07, 6.45) is 1.34. The summed E-state index contributed by atoms with van der Waals surface area (Å²) in [5.41, 5.74) is -3.32. The fraction of sp³-hybridized carbons (Fsp3) is 0.310. The fourth-order valence-electron chi connectivity index (χ4n) is 4.46. The Kier molecular flexibility index (Phi) is 8.70. The molecule has 0 N–H and O–H groups in total. The third-order valence-electron chi connectivity index (χ3n) is 6.54. The van der Waals surface area contributed by atoms with Crippen molar-refractivity contribution in [1.82, 2.24) is 0 Å². The van der Waals surface area contributed by atoms with Crippen molar-refractivity contribution in [3.05, 3.63) is 94.5 Å². The molecule has 4 rings (SSSR count). The van der Waals surface area contributed by atoms with E-state index in [0.717, 1.165) is 31.7 Å². The number of hydrogen-bond acceptors (Lipinski definition) is 2. The van der Waals surface area contributed by atoms with Crippen LogP contribution in [0.1, 0.15) is 56.6 Å². The van der Waals surface area contributed by atoms with E-state index in [9.17, 15) is 39.5 Å². The molecule has 0 saturated heterocycles. The van der Waals surface area contributed by atoms with E-state index in [0.29, 0.717) is 31.0 Å². The Balaban J connectivity index is 1.56. The molecule has 0 aliphatic carbocycles. The zero-order chi connectivity index (χ0) is 29.2. The molecule has 214 valence electrons. The monoisotopic (exact) mass is 574 g/mol. The van der Waals surface area contributed by atoms with Crippen molar-refractivity contribution in [2.45, 2.75) is 57.7 Å². The number of allylic oxidation sites excluding steroid dienone is 1. The van der Waals surface area contributed by atoms with Gasteiger partial charge in [0.1, 0.15) is 22.9 Å². The van der Waals surface area contributed by atoms with Crippen molar-refractivity contribution in [3.63, 3.8) is 0 Å². The average molecular weight is 574 g/mol. The summed E-state index contributed by atoms with van der Waals surface area (Å²) in [6.45, 7) is 2.06. The lowest BCUT2D eigenvalue weighted by Gasteiger charge is -2.24. The number of halogens is 9. The van der Waals surface area contributed by atoms with Crippen molar-refractivity contribution in [1.29, 1.82) is 0 Å². The molecule has 1 heterocycles. The first-order chi connectivity index (χ1) is 18.9. The molecule has 40 heavy (non-hydrogen) atoms. The lowest BCUT2D eigenvalue weighted by Crippen LogP contribution is -2.24. The van der Waals surface area contributed by atoms with Crippen molar-refractivity contribution >= 4 is 5.57 Å². The molecule has 0 spiro atoms. The number of rotatable bonds is 9. The second-order valence-electron chi connectivity index (χ2n) is 9.36. The third kappa shape index (κ3) is 6.08. The molecule has 1 aliphatic heterocycles. The van der Waals surface area contributed by atoms with Crippen LogP contribution in [0, 0.1) is 40.7 Å². The molecule has 1 atom stereocenters. The zero-order valence-corrected chi connectivity index (χ0v) is 21.1. The summed E-state index contributed by atoms with van der Waals surface area (Å²) >= 11 is 0. The van der Waals surface area contributed by atoms with E-state index in [2.05, 4.69) is 11.7 Å². The molecule has 1 unspecified atom stereocenters. The second-order valence-corrected chi connectivity index (χ2v) is 9.36. The molecule has 0 amide bonds.